The molecule has 0 saturated carbocycles. The number of ether oxygens (including phenoxy) is 3. The fourth-order valence-corrected chi connectivity index (χ4v) is 3.69. The molecule has 4 rings (SSSR count). The Labute approximate surface area is 189 Å². The number of para-hydroxylation sites is 2. The van der Waals surface area contributed by atoms with Crippen LogP contribution < -0.4 is 15.2 Å². The number of nitrogen functional groups attached to an aromatic ring is 1. The molecule has 9 heteroatoms. The van der Waals surface area contributed by atoms with Crippen molar-refractivity contribution in [3.63, 3.8) is 0 Å². The number of fused-ring (bicyclic) bond motifs is 2. The average molecular weight is 455 g/mol. The molecule has 0 aliphatic rings. The van der Waals surface area contributed by atoms with E-state index in [0.29, 0.717) is 44.4 Å². The Bertz CT molecular complexity index is 1360. The Hall–Kier alpha value is -3.52. The molecule has 0 fully saturated rings. The molecule has 0 atom stereocenters. The van der Waals surface area contributed by atoms with Crippen LogP contribution in [0, 0.1) is 0 Å². The zero-order valence-corrected chi connectivity index (χ0v) is 19.1. The number of hydrogen-bond acceptors (Lipinski definition) is 7. The van der Waals surface area contributed by atoms with E-state index in [9.17, 15) is 4.79 Å². The Morgan fingerprint density at radius 2 is 1.66 bits per heavy atom. The molecule has 0 spiro atoms. The lowest BCUT2D eigenvalue weighted by Gasteiger charge is -2.19. The summed E-state index contributed by atoms with van der Waals surface area (Å²) in [4.78, 5) is 22.6. The first kappa shape index (κ1) is 21.7. The Balaban J connectivity index is 2.10. The van der Waals surface area contributed by atoms with Crippen molar-refractivity contribution in [1.82, 2.24) is 14.5 Å². The van der Waals surface area contributed by atoms with Gasteiger partial charge in [0.1, 0.15) is 34.0 Å². The number of nitrogens with two attached hydrogens (primary N) is 1. The number of benzene rings is 2. The minimum absolute atomic E-state index is 0.115. The third-order valence-corrected chi connectivity index (χ3v) is 5.09. The molecule has 0 bridgehead atoms. The Morgan fingerprint density at radius 1 is 1.03 bits per heavy atom. The molecule has 2 N–H and O–H groups in total. The molecule has 0 saturated heterocycles. The number of esters is 1. The van der Waals surface area contributed by atoms with Crippen molar-refractivity contribution in [2.75, 3.05) is 20.0 Å². The molecule has 0 aliphatic heterocycles. The number of methoxy groups -OCH3 is 2. The monoisotopic (exact) mass is 454 g/mol. The third-order valence-electron chi connectivity index (χ3n) is 4.80. The molecule has 0 aliphatic carbocycles. The number of anilines is 1. The first-order valence-electron chi connectivity index (χ1n) is 9.86. The van der Waals surface area contributed by atoms with Gasteiger partial charge in [-0.2, -0.15) is 0 Å². The summed E-state index contributed by atoms with van der Waals surface area (Å²) < 4.78 is 18.1. The highest BCUT2D eigenvalue weighted by molar-refractivity contribution is 6.32. The van der Waals surface area contributed by atoms with Gasteiger partial charge in [-0.15, -0.1) is 0 Å². The van der Waals surface area contributed by atoms with Crippen molar-refractivity contribution in [3.05, 3.63) is 47.0 Å². The van der Waals surface area contributed by atoms with E-state index < -0.39 is 11.6 Å². The number of carbonyl (C=O) groups excluding carboxylic acids is 1. The largest absolute Gasteiger partial charge is 0.495 e. The SMILES string of the molecule is COc1cc(OC)c(-n2c(N)c(C(=O)OC(C)(C)C)c3nc4ccccc4nc32)cc1Cl. The van der Waals surface area contributed by atoms with Crippen molar-refractivity contribution in [2.45, 2.75) is 26.4 Å². The zero-order valence-electron chi connectivity index (χ0n) is 18.4. The van der Waals surface area contributed by atoms with E-state index in [4.69, 9.17) is 36.5 Å². The number of nitrogens with zero attached hydrogens (tertiary/aromatic N) is 3. The van der Waals surface area contributed by atoms with Crippen molar-refractivity contribution in [1.29, 1.82) is 0 Å². The summed E-state index contributed by atoms with van der Waals surface area (Å²) in [7, 11) is 3.03. The van der Waals surface area contributed by atoms with Gasteiger partial charge in [-0.3, -0.25) is 4.57 Å². The number of hydrogen-bond donors (Lipinski definition) is 1. The van der Waals surface area contributed by atoms with Crippen LogP contribution >= 0.6 is 11.6 Å². The predicted octanol–water partition coefficient (Wildman–Crippen LogP) is 4.78. The summed E-state index contributed by atoms with van der Waals surface area (Å²) in [5.41, 5.74) is 8.39. The van der Waals surface area contributed by atoms with Crippen LogP contribution in [0.4, 0.5) is 5.82 Å². The van der Waals surface area contributed by atoms with Crippen molar-refractivity contribution >= 4 is 45.6 Å². The number of aromatic nitrogens is 3. The lowest BCUT2D eigenvalue weighted by molar-refractivity contribution is 0.00728. The molecule has 2 heterocycles. The quantitative estimate of drug-likeness (QED) is 0.442. The summed E-state index contributed by atoms with van der Waals surface area (Å²) in [6.07, 6.45) is 0. The maximum Gasteiger partial charge on any atom is 0.344 e. The maximum absolute atomic E-state index is 13.1. The maximum atomic E-state index is 13.1. The van der Waals surface area contributed by atoms with Gasteiger partial charge in [-0.05, 0) is 39.0 Å². The van der Waals surface area contributed by atoms with Crippen LogP contribution in [0.2, 0.25) is 5.02 Å². The molecule has 2 aromatic carbocycles. The van der Waals surface area contributed by atoms with Gasteiger partial charge in [0, 0.05) is 6.07 Å². The van der Waals surface area contributed by atoms with Gasteiger partial charge < -0.3 is 19.9 Å². The van der Waals surface area contributed by atoms with Crippen LogP contribution in [-0.4, -0.2) is 40.3 Å². The highest BCUT2D eigenvalue weighted by Gasteiger charge is 2.30. The van der Waals surface area contributed by atoms with E-state index in [1.54, 1.807) is 37.5 Å². The number of halogens is 1. The highest BCUT2D eigenvalue weighted by atomic mass is 35.5. The van der Waals surface area contributed by atoms with Gasteiger partial charge in [0.2, 0.25) is 0 Å². The molecule has 166 valence electrons. The van der Waals surface area contributed by atoms with E-state index in [2.05, 4.69) is 4.98 Å². The molecule has 0 unspecified atom stereocenters. The van der Waals surface area contributed by atoms with E-state index in [1.165, 1.54) is 14.2 Å². The summed E-state index contributed by atoms with van der Waals surface area (Å²) >= 11 is 6.40. The Kier molecular flexibility index (Phi) is 5.34. The second kappa shape index (κ2) is 7.87. The fourth-order valence-electron chi connectivity index (χ4n) is 3.45. The molecule has 0 amide bonds. The Morgan fingerprint density at radius 3 is 2.25 bits per heavy atom. The summed E-state index contributed by atoms with van der Waals surface area (Å²) in [5, 5.41) is 0.345. The van der Waals surface area contributed by atoms with Gasteiger partial charge in [-0.1, -0.05) is 23.7 Å². The predicted molar refractivity (Wildman–Crippen MR) is 124 cm³/mol. The van der Waals surface area contributed by atoms with Gasteiger partial charge in [0.15, 0.2) is 5.65 Å². The second-order valence-corrected chi connectivity index (χ2v) is 8.55. The smallest absolute Gasteiger partial charge is 0.344 e. The lowest BCUT2D eigenvalue weighted by Crippen LogP contribution is -2.24. The topological polar surface area (TPSA) is 101 Å². The molecule has 8 nitrogen and oxygen atoms in total. The minimum Gasteiger partial charge on any atom is -0.495 e. The van der Waals surface area contributed by atoms with E-state index >= 15 is 0 Å². The molecule has 4 aromatic rings. The lowest BCUT2D eigenvalue weighted by atomic mass is 10.2. The molecular weight excluding hydrogens is 432 g/mol. The molecule has 32 heavy (non-hydrogen) atoms. The third kappa shape index (κ3) is 3.67. The van der Waals surface area contributed by atoms with E-state index in [-0.39, 0.29) is 11.4 Å². The normalized spacial score (nSPS) is 11.7. The van der Waals surface area contributed by atoms with Gasteiger partial charge >= 0.3 is 5.97 Å². The first-order valence-corrected chi connectivity index (χ1v) is 10.2. The highest BCUT2D eigenvalue weighted by Crippen LogP contribution is 2.39. The van der Waals surface area contributed by atoms with Crippen LogP contribution in [0.25, 0.3) is 27.9 Å². The van der Waals surface area contributed by atoms with Gasteiger partial charge in [-0.25, -0.2) is 14.8 Å². The standard InChI is InChI=1S/C23H23ClN4O4/c1-23(2,3)32-22(29)18-19-21(27-14-9-7-6-8-13(14)26-19)28(20(18)25)15-10-12(24)16(30-4)11-17(15)31-5/h6-11H,25H2,1-5H3. The minimum atomic E-state index is -0.719. The number of rotatable bonds is 4. The first-order chi connectivity index (χ1) is 15.1. The molecule has 0 radical (unpaired) electrons. The fraction of sp³-hybridized carbons (Fsp3) is 0.261. The summed E-state index contributed by atoms with van der Waals surface area (Å²) in [6, 6.07) is 10.6. The van der Waals surface area contributed by atoms with E-state index in [0.717, 1.165) is 0 Å². The van der Waals surface area contributed by atoms with Crippen LogP contribution in [-0.2, 0) is 4.74 Å². The van der Waals surface area contributed by atoms with Crippen LogP contribution in [0.1, 0.15) is 31.1 Å². The number of carbonyl (C=O) groups is 1. The van der Waals surface area contributed by atoms with Crippen LogP contribution in [0.5, 0.6) is 11.5 Å². The van der Waals surface area contributed by atoms with E-state index in [1.807, 2.05) is 24.3 Å². The van der Waals surface area contributed by atoms with Crippen molar-refractivity contribution in [2.24, 2.45) is 0 Å². The zero-order chi connectivity index (χ0) is 23.2. The summed E-state index contributed by atoms with van der Waals surface area (Å²) in [6.45, 7) is 5.36. The van der Waals surface area contributed by atoms with Crippen molar-refractivity contribution in [3.8, 4) is 17.2 Å². The average Bonchev–Trinajstić information content (AvgIpc) is 3.01. The summed E-state index contributed by atoms with van der Waals surface area (Å²) in [5.74, 6) is 0.387. The van der Waals surface area contributed by atoms with Gasteiger partial charge in [0.05, 0.1) is 36.0 Å². The van der Waals surface area contributed by atoms with Crippen LogP contribution in [0.15, 0.2) is 36.4 Å². The van der Waals surface area contributed by atoms with Crippen molar-refractivity contribution < 1.29 is 19.0 Å². The molecular formula is C23H23ClN4O4. The molecule has 2 aromatic heterocycles. The second-order valence-electron chi connectivity index (χ2n) is 8.14. The van der Waals surface area contributed by atoms with Gasteiger partial charge in [0.25, 0.3) is 0 Å². The van der Waals surface area contributed by atoms with Crippen LogP contribution in [0.3, 0.4) is 0 Å².